The van der Waals surface area contributed by atoms with Crippen LogP contribution in [0.3, 0.4) is 0 Å². The maximum atomic E-state index is 13.2. The van der Waals surface area contributed by atoms with Crippen LogP contribution in [0.25, 0.3) is 11.0 Å². The maximum absolute atomic E-state index is 13.2. The third-order valence-electron chi connectivity index (χ3n) is 5.04. The van der Waals surface area contributed by atoms with E-state index in [2.05, 4.69) is 15.6 Å². The summed E-state index contributed by atoms with van der Waals surface area (Å²) >= 11 is 0. The number of aromatic nitrogens is 2. The van der Waals surface area contributed by atoms with Crippen LogP contribution in [0.2, 0.25) is 0 Å². The molecule has 0 bridgehead atoms. The average Bonchev–Trinajstić information content (AvgIpc) is 2.74. The van der Waals surface area contributed by atoms with Gasteiger partial charge in [-0.3, -0.25) is 20.2 Å². The lowest BCUT2D eigenvalue weighted by Gasteiger charge is -2.17. The molecule has 4 N–H and O–H groups in total. The van der Waals surface area contributed by atoms with E-state index in [1.54, 1.807) is 0 Å². The second-order valence-corrected chi connectivity index (χ2v) is 7.55. The smallest absolute Gasteiger partial charge is 0.449 e. The number of hydrogen-bond acceptors (Lipinski definition) is 6. The fraction of sp³-hybridized carbons (Fsp3) is 0.524. The van der Waals surface area contributed by atoms with Crippen LogP contribution in [0, 0.1) is 16.7 Å². The highest BCUT2D eigenvalue weighted by Crippen LogP contribution is 2.23. The Balaban J connectivity index is 2.11. The van der Waals surface area contributed by atoms with Gasteiger partial charge in [0.05, 0.1) is 18.1 Å². The van der Waals surface area contributed by atoms with E-state index in [0.29, 0.717) is 48.6 Å². The second kappa shape index (κ2) is 11.0. The number of rotatable bonds is 10. The summed E-state index contributed by atoms with van der Waals surface area (Å²) in [4.78, 5) is 16.0. The van der Waals surface area contributed by atoms with E-state index < -0.39 is 17.5 Å². The molecule has 1 aromatic carbocycles. The number of methoxy groups -OCH3 is 1. The van der Waals surface area contributed by atoms with Crippen LogP contribution in [0.5, 0.6) is 5.75 Å². The number of halogens is 3. The van der Waals surface area contributed by atoms with Gasteiger partial charge in [-0.25, -0.2) is 4.98 Å². The van der Waals surface area contributed by atoms with E-state index in [-0.39, 0.29) is 22.8 Å². The highest BCUT2D eigenvalue weighted by atomic mass is 19.4. The van der Waals surface area contributed by atoms with Crippen LogP contribution in [0.4, 0.5) is 19.0 Å². The first kappa shape index (κ1) is 25.2. The predicted molar refractivity (Wildman–Crippen MR) is 116 cm³/mol. The molecular formula is C21H29F3N6O2. The number of anilines is 1. The van der Waals surface area contributed by atoms with E-state index in [1.165, 1.54) is 25.3 Å². The monoisotopic (exact) mass is 454 g/mol. The van der Waals surface area contributed by atoms with Crippen molar-refractivity contribution >= 4 is 28.6 Å². The molecule has 0 spiro atoms. The van der Waals surface area contributed by atoms with Gasteiger partial charge in [-0.15, -0.1) is 0 Å². The number of fused-ring (bicyclic) bond motifs is 1. The van der Waals surface area contributed by atoms with Crippen LogP contribution >= 0.6 is 0 Å². The third-order valence-corrected chi connectivity index (χ3v) is 5.04. The Labute approximate surface area is 184 Å². The van der Waals surface area contributed by atoms with Crippen LogP contribution in [0.15, 0.2) is 18.2 Å². The Morgan fingerprint density at radius 3 is 2.59 bits per heavy atom. The van der Waals surface area contributed by atoms with Crippen LogP contribution in [-0.4, -0.2) is 47.7 Å². The fourth-order valence-electron chi connectivity index (χ4n) is 3.01. The van der Waals surface area contributed by atoms with Gasteiger partial charge >= 0.3 is 6.18 Å². The lowest BCUT2D eigenvalue weighted by molar-refractivity contribution is -0.121. The minimum Gasteiger partial charge on any atom is -0.497 e. The predicted octanol–water partition coefficient (Wildman–Crippen LogP) is 3.66. The first-order valence-electron chi connectivity index (χ1n) is 10.4. The quantitative estimate of drug-likeness (QED) is 0.249. The van der Waals surface area contributed by atoms with Gasteiger partial charge in [-0.1, -0.05) is 20.3 Å². The van der Waals surface area contributed by atoms with Gasteiger partial charge in [-0.05, 0) is 30.9 Å². The molecule has 0 fully saturated rings. The SMILES string of the molecule is CCC(C)CC(=O)NCCCCNc1nc2cc(OC)ccc2n(C(=N)C(F)(F)F)c1=N. The highest BCUT2D eigenvalue weighted by molar-refractivity contribution is 5.95. The van der Waals surface area contributed by atoms with E-state index in [0.717, 1.165) is 6.42 Å². The molecule has 0 aliphatic carbocycles. The van der Waals surface area contributed by atoms with E-state index >= 15 is 0 Å². The second-order valence-electron chi connectivity index (χ2n) is 7.55. The summed E-state index contributed by atoms with van der Waals surface area (Å²) in [6.07, 6.45) is -2.25. The first-order valence-corrected chi connectivity index (χ1v) is 10.4. The van der Waals surface area contributed by atoms with E-state index in [9.17, 15) is 18.0 Å². The minimum absolute atomic E-state index is 0.00222. The zero-order valence-electron chi connectivity index (χ0n) is 18.4. The normalized spacial score (nSPS) is 12.4. The Morgan fingerprint density at radius 1 is 1.28 bits per heavy atom. The molecule has 1 amide bonds. The number of hydrogen-bond donors (Lipinski definition) is 4. The van der Waals surface area contributed by atoms with Gasteiger partial charge in [0.2, 0.25) is 11.7 Å². The number of carbonyl (C=O) groups excluding carboxylic acids is 1. The molecule has 2 rings (SSSR count). The number of ether oxygens (including phenoxy) is 1. The fourth-order valence-corrected chi connectivity index (χ4v) is 3.01. The Morgan fingerprint density at radius 2 is 1.97 bits per heavy atom. The molecule has 1 aromatic heterocycles. The summed E-state index contributed by atoms with van der Waals surface area (Å²) < 4.78 is 45.4. The summed E-state index contributed by atoms with van der Waals surface area (Å²) in [5, 5.41) is 21.5. The zero-order chi connectivity index (χ0) is 23.9. The Bertz CT molecular complexity index is 1020. The lowest BCUT2D eigenvalue weighted by atomic mass is 10.1. The van der Waals surface area contributed by atoms with Crippen molar-refractivity contribution in [3.63, 3.8) is 0 Å². The summed E-state index contributed by atoms with van der Waals surface area (Å²) in [5.74, 6) is -1.02. The zero-order valence-corrected chi connectivity index (χ0v) is 18.4. The molecule has 176 valence electrons. The first-order chi connectivity index (χ1) is 15.1. The van der Waals surface area contributed by atoms with Crippen LogP contribution in [-0.2, 0) is 4.79 Å². The number of alkyl halides is 3. The number of nitrogens with zero attached hydrogens (tertiary/aromatic N) is 2. The van der Waals surface area contributed by atoms with Gasteiger partial charge in [0.15, 0.2) is 11.3 Å². The van der Waals surface area contributed by atoms with Gasteiger partial charge in [0.25, 0.3) is 0 Å². The van der Waals surface area contributed by atoms with Crippen molar-refractivity contribution < 1.29 is 22.7 Å². The van der Waals surface area contributed by atoms with Crippen molar-refractivity contribution in [3.8, 4) is 5.75 Å². The number of benzene rings is 1. The van der Waals surface area contributed by atoms with Gasteiger partial charge in [0.1, 0.15) is 5.75 Å². The number of nitrogens with one attached hydrogen (secondary N) is 4. The van der Waals surface area contributed by atoms with Crippen molar-refractivity contribution in [2.75, 3.05) is 25.5 Å². The molecular weight excluding hydrogens is 425 g/mol. The topological polar surface area (TPSA) is 116 Å². The molecule has 1 unspecified atom stereocenters. The molecule has 0 radical (unpaired) electrons. The molecule has 0 saturated heterocycles. The Hall–Kier alpha value is -3.11. The van der Waals surface area contributed by atoms with Crippen LogP contribution in [0.1, 0.15) is 39.5 Å². The molecule has 11 heteroatoms. The molecule has 32 heavy (non-hydrogen) atoms. The maximum Gasteiger partial charge on any atom is 0.449 e. The summed E-state index contributed by atoms with van der Waals surface area (Å²) in [6.45, 7) is 4.88. The highest BCUT2D eigenvalue weighted by Gasteiger charge is 2.37. The molecule has 2 aromatic rings. The van der Waals surface area contributed by atoms with Crippen molar-refractivity contribution in [2.45, 2.75) is 45.7 Å². The van der Waals surface area contributed by atoms with Crippen molar-refractivity contribution in [3.05, 3.63) is 23.7 Å². The minimum atomic E-state index is -4.93. The van der Waals surface area contributed by atoms with E-state index in [1.807, 2.05) is 13.8 Å². The standard InChI is InChI=1S/C21H29F3N6O2/c1-4-13(2)11-17(31)27-9-5-6-10-28-19-18(25)30(20(26)21(22,23)24)16-8-7-14(32-3)12-15(16)29-19/h7-8,12-13,25-26H,4-6,9-11H2,1-3H3,(H,27,31)(H,28,29). The largest absolute Gasteiger partial charge is 0.497 e. The summed E-state index contributed by atoms with van der Waals surface area (Å²) in [5.41, 5.74) is -0.422. The van der Waals surface area contributed by atoms with E-state index in [4.69, 9.17) is 15.6 Å². The van der Waals surface area contributed by atoms with Gasteiger partial charge < -0.3 is 15.4 Å². The molecule has 1 atom stereocenters. The lowest BCUT2D eigenvalue weighted by Crippen LogP contribution is -2.38. The number of amides is 1. The molecule has 0 aliphatic heterocycles. The number of unbranched alkanes of at least 4 members (excludes halogenated alkanes) is 1. The molecule has 0 saturated carbocycles. The van der Waals surface area contributed by atoms with Crippen molar-refractivity contribution in [1.29, 1.82) is 10.8 Å². The summed E-state index contributed by atoms with van der Waals surface area (Å²) in [6, 6.07) is 4.24. The molecule has 0 aliphatic rings. The van der Waals surface area contributed by atoms with Crippen molar-refractivity contribution in [2.24, 2.45) is 5.92 Å². The van der Waals surface area contributed by atoms with Gasteiger partial charge in [0, 0.05) is 25.6 Å². The van der Waals surface area contributed by atoms with Crippen molar-refractivity contribution in [1.82, 2.24) is 14.9 Å². The number of carbonyl (C=O) groups is 1. The average molecular weight is 454 g/mol. The Kier molecular flexibility index (Phi) is 8.62. The molecule has 1 heterocycles. The third kappa shape index (κ3) is 6.44. The van der Waals surface area contributed by atoms with Crippen LogP contribution < -0.4 is 20.9 Å². The van der Waals surface area contributed by atoms with Gasteiger partial charge in [-0.2, -0.15) is 13.2 Å². The molecule has 8 nitrogen and oxygen atoms in total. The summed E-state index contributed by atoms with van der Waals surface area (Å²) in [7, 11) is 1.42.